The van der Waals surface area contributed by atoms with Crippen LogP contribution < -0.4 is 10.1 Å². The van der Waals surface area contributed by atoms with Gasteiger partial charge in [-0.25, -0.2) is 9.97 Å². The average molecular weight is 202 g/mol. The maximum atomic E-state index is 8.87. The molecule has 13 heavy (non-hydrogen) atoms. The van der Waals surface area contributed by atoms with Crippen molar-refractivity contribution in [3.8, 4) is 5.75 Å². The number of rotatable bonds is 1. The second kappa shape index (κ2) is 3.35. The van der Waals surface area contributed by atoms with Gasteiger partial charge in [0.15, 0.2) is 16.7 Å². The first-order valence-corrected chi connectivity index (χ1v) is 4.19. The molecule has 1 aliphatic rings. The molecule has 1 atom stereocenters. The Hall–Kier alpha value is -1.07. The van der Waals surface area contributed by atoms with Crippen molar-refractivity contribution in [2.75, 3.05) is 18.5 Å². The lowest BCUT2D eigenvalue weighted by atomic mass is 10.3. The summed E-state index contributed by atoms with van der Waals surface area (Å²) < 4.78 is 5.28. The smallest absolute Gasteiger partial charge is 0.199 e. The average Bonchev–Trinajstić information content (AvgIpc) is 2.18. The van der Waals surface area contributed by atoms with Crippen LogP contribution in [-0.4, -0.2) is 34.3 Å². The highest BCUT2D eigenvalue weighted by Crippen LogP contribution is 2.31. The van der Waals surface area contributed by atoms with Crippen molar-refractivity contribution in [1.29, 1.82) is 0 Å². The number of fused-ring (bicyclic) bond motifs is 1. The van der Waals surface area contributed by atoms with Gasteiger partial charge in [-0.3, -0.25) is 0 Å². The molecule has 1 aromatic rings. The van der Waals surface area contributed by atoms with Crippen LogP contribution in [0.1, 0.15) is 0 Å². The Morgan fingerprint density at radius 3 is 3.31 bits per heavy atom. The van der Waals surface area contributed by atoms with Crippen LogP contribution >= 0.6 is 11.6 Å². The van der Waals surface area contributed by atoms with Gasteiger partial charge in [0.2, 0.25) is 0 Å². The highest BCUT2D eigenvalue weighted by molar-refractivity contribution is 6.31. The van der Waals surface area contributed by atoms with E-state index in [0.29, 0.717) is 18.2 Å². The molecule has 2 N–H and O–H groups in total. The van der Waals surface area contributed by atoms with Crippen LogP contribution in [0.15, 0.2) is 6.33 Å². The van der Waals surface area contributed by atoms with Gasteiger partial charge in [0, 0.05) is 0 Å². The SMILES string of the molecule is OC[C@H]1COc2c(Cl)ncnc2N1. The molecule has 70 valence electrons. The fourth-order valence-electron chi connectivity index (χ4n) is 1.10. The molecular weight excluding hydrogens is 194 g/mol. The van der Waals surface area contributed by atoms with Crippen molar-refractivity contribution < 1.29 is 9.84 Å². The summed E-state index contributed by atoms with van der Waals surface area (Å²) in [6.45, 7) is 0.373. The molecule has 2 heterocycles. The van der Waals surface area contributed by atoms with Gasteiger partial charge in [-0.05, 0) is 0 Å². The monoisotopic (exact) mass is 201 g/mol. The molecular formula is C7H8ClN3O2. The first kappa shape index (κ1) is 8.52. The molecule has 0 saturated carbocycles. The second-order valence-corrected chi connectivity index (χ2v) is 3.04. The number of hydrogen-bond acceptors (Lipinski definition) is 5. The minimum absolute atomic E-state index is 0.00105. The standard InChI is InChI=1S/C7H8ClN3O2/c8-6-5-7(10-3-9-6)11-4(1-12)2-13-5/h3-4,12H,1-2H2,(H,9,10,11)/t4-/m0/s1. The van der Waals surface area contributed by atoms with E-state index in [2.05, 4.69) is 15.3 Å². The van der Waals surface area contributed by atoms with Crippen molar-refractivity contribution >= 4 is 17.4 Å². The summed E-state index contributed by atoms with van der Waals surface area (Å²) in [4.78, 5) is 7.71. The topological polar surface area (TPSA) is 67.3 Å². The van der Waals surface area contributed by atoms with E-state index in [0.717, 1.165) is 0 Å². The Kier molecular flexibility index (Phi) is 2.20. The molecule has 0 radical (unpaired) electrons. The number of nitrogens with one attached hydrogen (secondary N) is 1. The Bertz CT molecular complexity index is 321. The molecule has 1 aliphatic heterocycles. The van der Waals surface area contributed by atoms with Gasteiger partial charge >= 0.3 is 0 Å². The van der Waals surface area contributed by atoms with E-state index >= 15 is 0 Å². The number of nitrogens with zero attached hydrogens (tertiary/aromatic N) is 2. The first-order chi connectivity index (χ1) is 6.31. The molecule has 0 spiro atoms. The third kappa shape index (κ3) is 1.52. The Labute approximate surface area is 79.7 Å². The van der Waals surface area contributed by atoms with Crippen LogP contribution in [-0.2, 0) is 0 Å². The zero-order chi connectivity index (χ0) is 9.26. The molecule has 1 aromatic heterocycles. The Morgan fingerprint density at radius 2 is 2.54 bits per heavy atom. The lowest BCUT2D eigenvalue weighted by Gasteiger charge is -2.24. The van der Waals surface area contributed by atoms with Crippen molar-refractivity contribution in [2.45, 2.75) is 6.04 Å². The number of ether oxygens (including phenoxy) is 1. The van der Waals surface area contributed by atoms with Crippen molar-refractivity contribution in [3.05, 3.63) is 11.5 Å². The molecule has 0 unspecified atom stereocenters. The number of hydrogen-bond donors (Lipinski definition) is 2. The molecule has 6 heteroatoms. The van der Waals surface area contributed by atoms with Gasteiger partial charge in [0.25, 0.3) is 0 Å². The van der Waals surface area contributed by atoms with E-state index in [1.807, 2.05) is 0 Å². The van der Waals surface area contributed by atoms with E-state index in [1.165, 1.54) is 6.33 Å². The predicted molar refractivity (Wildman–Crippen MR) is 47.0 cm³/mol. The molecule has 0 aliphatic carbocycles. The maximum absolute atomic E-state index is 8.87. The first-order valence-electron chi connectivity index (χ1n) is 3.82. The maximum Gasteiger partial charge on any atom is 0.199 e. The van der Waals surface area contributed by atoms with Gasteiger partial charge in [-0.1, -0.05) is 11.6 Å². The third-order valence-corrected chi connectivity index (χ3v) is 2.02. The van der Waals surface area contributed by atoms with Gasteiger partial charge in [-0.15, -0.1) is 0 Å². The normalized spacial score (nSPS) is 20.0. The van der Waals surface area contributed by atoms with Crippen LogP contribution in [0.3, 0.4) is 0 Å². The van der Waals surface area contributed by atoms with Gasteiger partial charge in [0.05, 0.1) is 12.6 Å². The summed E-state index contributed by atoms with van der Waals surface area (Å²) in [6.07, 6.45) is 1.34. The summed E-state index contributed by atoms with van der Waals surface area (Å²) in [7, 11) is 0. The van der Waals surface area contributed by atoms with Crippen LogP contribution in [0.2, 0.25) is 5.15 Å². The minimum Gasteiger partial charge on any atom is -0.485 e. The number of aromatic nitrogens is 2. The Balaban J connectivity index is 2.31. The molecule has 0 aromatic carbocycles. The largest absolute Gasteiger partial charge is 0.485 e. The predicted octanol–water partition coefficient (Wildman–Crippen LogP) is 0.295. The zero-order valence-corrected chi connectivity index (χ0v) is 7.45. The number of aliphatic hydroxyl groups is 1. The fourth-order valence-corrected chi connectivity index (χ4v) is 1.29. The number of halogens is 1. The molecule has 0 fully saturated rings. The fraction of sp³-hybridized carbons (Fsp3) is 0.429. The molecule has 0 saturated heterocycles. The van der Waals surface area contributed by atoms with Crippen molar-refractivity contribution in [2.24, 2.45) is 0 Å². The van der Waals surface area contributed by atoms with Crippen LogP contribution in [0.25, 0.3) is 0 Å². The van der Waals surface area contributed by atoms with E-state index in [-0.39, 0.29) is 17.8 Å². The molecule has 0 bridgehead atoms. The van der Waals surface area contributed by atoms with E-state index in [4.69, 9.17) is 21.4 Å². The number of aliphatic hydroxyl groups excluding tert-OH is 1. The summed E-state index contributed by atoms with van der Waals surface area (Å²) in [5, 5.41) is 12.1. The second-order valence-electron chi connectivity index (χ2n) is 2.68. The van der Waals surface area contributed by atoms with Crippen molar-refractivity contribution in [3.63, 3.8) is 0 Å². The Morgan fingerprint density at radius 1 is 1.69 bits per heavy atom. The van der Waals surface area contributed by atoms with Crippen LogP contribution in [0, 0.1) is 0 Å². The van der Waals surface area contributed by atoms with E-state index in [9.17, 15) is 0 Å². The summed E-state index contributed by atoms with van der Waals surface area (Å²) in [5.74, 6) is 0.985. The van der Waals surface area contributed by atoms with Gasteiger partial charge in [-0.2, -0.15) is 0 Å². The van der Waals surface area contributed by atoms with Crippen LogP contribution in [0.5, 0.6) is 5.75 Å². The van der Waals surface area contributed by atoms with Gasteiger partial charge in [0.1, 0.15) is 12.9 Å². The lowest BCUT2D eigenvalue weighted by molar-refractivity contribution is 0.206. The van der Waals surface area contributed by atoms with E-state index in [1.54, 1.807) is 0 Å². The molecule has 2 rings (SSSR count). The third-order valence-electron chi connectivity index (χ3n) is 1.75. The molecule has 0 amide bonds. The summed E-state index contributed by atoms with van der Waals surface area (Å²) in [5.41, 5.74) is 0. The highest BCUT2D eigenvalue weighted by Gasteiger charge is 2.21. The quantitative estimate of drug-likeness (QED) is 0.640. The highest BCUT2D eigenvalue weighted by atomic mass is 35.5. The van der Waals surface area contributed by atoms with Crippen molar-refractivity contribution in [1.82, 2.24) is 9.97 Å². The van der Waals surface area contributed by atoms with Gasteiger partial charge < -0.3 is 15.2 Å². The minimum atomic E-state index is -0.126. The summed E-state index contributed by atoms with van der Waals surface area (Å²) in [6, 6.07) is -0.126. The van der Waals surface area contributed by atoms with E-state index < -0.39 is 0 Å². The lowest BCUT2D eigenvalue weighted by Crippen LogP contribution is -2.35. The zero-order valence-electron chi connectivity index (χ0n) is 6.70. The molecule has 5 nitrogen and oxygen atoms in total. The van der Waals surface area contributed by atoms with Crippen LogP contribution in [0.4, 0.5) is 5.82 Å². The summed E-state index contributed by atoms with van der Waals surface area (Å²) >= 11 is 5.75. The number of anilines is 1.